The SMILES string of the molecule is C#Cc1ccccc1C(C(=O)Nc1ccc2ccccc2c1)N(CCCC)C(=O)C(CCSC)NC(=O)OC(C)(C)C. The highest BCUT2D eigenvalue weighted by Crippen LogP contribution is 2.29. The highest BCUT2D eigenvalue weighted by Gasteiger charge is 2.37. The van der Waals surface area contributed by atoms with Crippen molar-refractivity contribution in [1.29, 1.82) is 0 Å². The molecular formula is C34H41N3O4S. The van der Waals surface area contributed by atoms with Crippen molar-refractivity contribution in [2.75, 3.05) is 23.9 Å². The minimum Gasteiger partial charge on any atom is -0.444 e. The summed E-state index contributed by atoms with van der Waals surface area (Å²) in [5.41, 5.74) is 0.943. The number of benzene rings is 3. The summed E-state index contributed by atoms with van der Waals surface area (Å²) >= 11 is 1.57. The van der Waals surface area contributed by atoms with E-state index in [4.69, 9.17) is 11.2 Å². The van der Waals surface area contributed by atoms with Crippen molar-refractivity contribution < 1.29 is 19.1 Å². The Morgan fingerprint density at radius 1 is 1.02 bits per heavy atom. The summed E-state index contributed by atoms with van der Waals surface area (Å²) in [6, 6.07) is 18.8. The van der Waals surface area contributed by atoms with Gasteiger partial charge >= 0.3 is 6.09 Å². The van der Waals surface area contributed by atoms with Gasteiger partial charge in [0.25, 0.3) is 5.91 Å². The van der Waals surface area contributed by atoms with Crippen LogP contribution >= 0.6 is 11.8 Å². The number of fused-ring (bicyclic) bond motifs is 1. The summed E-state index contributed by atoms with van der Waals surface area (Å²) < 4.78 is 5.47. The van der Waals surface area contributed by atoms with Gasteiger partial charge in [0.2, 0.25) is 5.91 Å². The molecule has 3 rings (SSSR count). The van der Waals surface area contributed by atoms with Gasteiger partial charge in [-0.05, 0) is 80.2 Å². The van der Waals surface area contributed by atoms with Gasteiger partial charge in [-0.1, -0.05) is 67.8 Å². The van der Waals surface area contributed by atoms with Crippen LogP contribution in [-0.2, 0) is 14.3 Å². The van der Waals surface area contributed by atoms with Crippen LogP contribution < -0.4 is 10.6 Å². The van der Waals surface area contributed by atoms with Crippen LogP contribution in [0.5, 0.6) is 0 Å². The van der Waals surface area contributed by atoms with Crippen molar-refractivity contribution in [2.45, 2.75) is 64.6 Å². The molecule has 0 aliphatic rings. The first-order valence-corrected chi connectivity index (χ1v) is 15.6. The number of amides is 3. The molecule has 222 valence electrons. The third-order valence-corrected chi connectivity index (χ3v) is 7.27. The number of alkyl carbamates (subject to hydrolysis) is 1. The van der Waals surface area contributed by atoms with Crippen LogP contribution in [0.1, 0.15) is 64.1 Å². The Morgan fingerprint density at radius 3 is 2.38 bits per heavy atom. The van der Waals surface area contributed by atoms with Gasteiger partial charge in [-0.2, -0.15) is 11.8 Å². The van der Waals surface area contributed by atoms with E-state index in [1.54, 1.807) is 61.7 Å². The highest BCUT2D eigenvalue weighted by atomic mass is 32.2. The molecule has 0 spiro atoms. The fourth-order valence-electron chi connectivity index (χ4n) is 4.63. The largest absolute Gasteiger partial charge is 0.444 e. The van der Waals surface area contributed by atoms with E-state index in [2.05, 4.69) is 16.6 Å². The number of carbonyl (C=O) groups excluding carboxylic acids is 3. The lowest BCUT2D eigenvalue weighted by atomic mass is 9.96. The molecule has 0 radical (unpaired) electrons. The standard InChI is InChI=1S/C34H41N3O4S/c1-7-9-21-37(32(39)29(20-22-42-6)36-33(40)41-34(3,4)5)30(28-17-13-12-14-24(28)8-2)31(38)35-27-19-18-25-15-10-11-16-26(25)23-27/h2,10-19,23,29-30H,7,9,20-22H2,1,3-6H3,(H,35,38)(H,36,40). The summed E-state index contributed by atoms with van der Waals surface area (Å²) in [5.74, 6) is 2.55. The van der Waals surface area contributed by atoms with E-state index in [-0.39, 0.29) is 5.91 Å². The maximum Gasteiger partial charge on any atom is 0.408 e. The number of thioether (sulfide) groups is 1. The highest BCUT2D eigenvalue weighted by molar-refractivity contribution is 7.98. The molecule has 0 aliphatic carbocycles. The lowest BCUT2D eigenvalue weighted by Crippen LogP contribution is -2.53. The van der Waals surface area contributed by atoms with Crippen LogP contribution in [0.4, 0.5) is 10.5 Å². The molecule has 7 nitrogen and oxygen atoms in total. The monoisotopic (exact) mass is 587 g/mol. The number of hydrogen-bond acceptors (Lipinski definition) is 5. The molecule has 0 aliphatic heterocycles. The molecule has 0 fully saturated rings. The van der Waals surface area contributed by atoms with Gasteiger partial charge in [0.15, 0.2) is 0 Å². The molecule has 3 amide bonds. The van der Waals surface area contributed by atoms with Crippen LogP contribution in [0.25, 0.3) is 10.8 Å². The second-order valence-corrected chi connectivity index (χ2v) is 12.0. The van der Waals surface area contributed by atoms with Crippen LogP contribution in [-0.4, -0.2) is 53.0 Å². The van der Waals surface area contributed by atoms with E-state index in [9.17, 15) is 14.4 Å². The Morgan fingerprint density at radius 2 is 1.71 bits per heavy atom. The predicted octanol–water partition coefficient (Wildman–Crippen LogP) is 6.78. The number of carbonyl (C=O) groups is 3. The Kier molecular flexibility index (Phi) is 11.9. The number of ether oxygens (including phenoxy) is 1. The normalized spacial score (nSPS) is 12.6. The zero-order valence-corrected chi connectivity index (χ0v) is 25.9. The van der Waals surface area contributed by atoms with Gasteiger partial charge in [0.1, 0.15) is 17.7 Å². The van der Waals surface area contributed by atoms with Crippen molar-refractivity contribution in [1.82, 2.24) is 10.2 Å². The van der Waals surface area contributed by atoms with Crippen LogP contribution in [0.2, 0.25) is 0 Å². The van der Waals surface area contributed by atoms with Crippen molar-refractivity contribution >= 4 is 46.1 Å². The van der Waals surface area contributed by atoms with Crippen LogP contribution in [0, 0.1) is 12.3 Å². The first-order valence-electron chi connectivity index (χ1n) is 14.2. The van der Waals surface area contributed by atoms with Gasteiger partial charge in [0.05, 0.1) is 0 Å². The third kappa shape index (κ3) is 9.02. The summed E-state index contributed by atoms with van der Waals surface area (Å²) in [7, 11) is 0. The molecule has 42 heavy (non-hydrogen) atoms. The summed E-state index contributed by atoms with van der Waals surface area (Å²) in [6.07, 6.45) is 8.95. The number of nitrogens with one attached hydrogen (secondary N) is 2. The molecular weight excluding hydrogens is 546 g/mol. The van der Waals surface area contributed by atoms with Crippen LogP contribution in [0.3, 0.4) is 0 Å². The number of rotatable bonds is 12. The number of anilines is 1. The number of hydrogen-bond donors (Lipinski definition) is 2. The molecule has 0 heterocycles. The summed E-state index contributed by atoms with van der Waals surface area (Å²) in [4.78, 5) is 42.8. The quantitative estimate of drug-likeness (QED) is 0.228. The molecule has 8 heteroatoms. The fraction of sp³-hybridized carbons (Fsp3) is 0.382. The molecule has 0 saturated carbocycles. The van der Waals surface area contributed by atoms with E-state index in [1.807, 2.05) is 55.6 Å². The van der Waals surface area contributed by atoms with E-state index in [0.29, 0.717) is 42.0 Å². The van der Waals surface area contributed by atoms with Gasteiger partial charge in [-0.15, -0.1) is 6.42 Å². The van der Waals surface area contributed by atoms with Gasteiger partial charge < -0.3 is 20.3 Å². The van der Waals surface area contributed by atoms with Crippen molar-refractivity contribution in [2.24, 2.45) is 0 Å². The number of unbranched alkanes of at least 4 members (excludes halogenated alkanes) is 1. The Labute approximate surface area is 253 Å². The average Bonchev–Trinajstić information content (AvgIpc) is 2.96. The van der Waals surface area contributed by atoms with Crippen molar-refractivity contribution in [3.05, 3.63) is 77.9 Å². The fourth-order valence-corrected chi connectivity index (χ4v) is 5.10. The van der Waals surface area contributed by atoms with Crippen LogP contribution in [0.15, 0.2) is 66.7 Å². The zero-order chi connectivity index (χ0) is 30.7. The van der Waals surface area contributed by atoms with Gasteiger partial charge in [-0.25, -0.2) is 4.79 Å². The topological polar surface area (TPSA) is 87.7 Å². The zero-order valence-electron chi connectivity index (χ0n) is 25.1. The minimum atomic E-state index is -1.03. The van der Waals surface area contributed by atoms with Crippen molar-refractivity contribution in [3.63, 3.8) is 0 Å². The molecule has 2 unspecified atom stereocenters. The number of nitrogens with zero attached hydrogens (tertiary/aromatic N) is 1. The number of terminal acetylenes is 1. The van der Waals surface area contributed by atoms with Gasteiger partial charge in [-0.3, -0.25) is 9.59 Å². The molecule has 3 aromatic rings. The molecule has 2 N–H and O–H groups in total. The lowest BCUT2D eigenvalue weighted by Gasteiger charge is -2.35. The van der Waals surface area contributed by atoms with Crippen molar-refractivity contribution in [3.8, 4) is 12.3 Å². The average molecular weight is 588 g/mol. The second kappa shape index (κ2) is 15.3. The molecule has 0 bridgehead atoms. The first kappa shape index (κ1) is 32.6. The Bertz CT molecular complexity index is 1430. The smallest absolute Gasteiger partial charge is 0.408 e. The summed E-state index contributed by atoms with van der Waals surface area (Å²) in [5, 5.41) is 7.83. The second-order valence-electron chi connectivity index (χ2n) is 11.1. The molecule has 0 saturated heterocycles. The molecule has 2 atom stereocenters. The minimum absolute atomic E-state index is 0.301. The Balaban J connectivity index is 2.05. The predicted molar refractivity (Wildman–Crippen MR) is 172 cm³/mol. The molecule has 0 aromatic heterocycles. The third-order valence-electron chi connectivity index (χ3n) is 6.62. The van der Waals surface area contributed by atoms with E-state index >= 15 is 0 Å². The lowest BCUT2D eigenvalue weighted by molar-refractivity contribution is -0.141. The first-order chi connectivity index (χ1) is 20.1. The maximum atomic E-state index is 14.3. The van der Waals surface area contributed by atoms with E-state index in [0.717, 1.165) is 17.2 Å². The Hall–Kier alpha value is -3.96. The van der Waals surface area contributed by atoms with E-state index in [1.165, 1.54) is 0 Å². The van der Waals surface area contributed by atoms with E-state index < -0.39 is 29.7 Å². The summed E-state index contributed by atoms with van der Waals surface area (Å²) in [6.45, 7) is 7.62. The molecule has 3 aromatic carbocycles. The maximum absolute atomic E-state index is 14.3. The van der Waals surface area contributed by atoms with Gasteiger partial charge in [0, 0.05) is 17.8 Å².